The van der Waals surface area contributed by atoms with E-state index in [9.17, 15) is 9.90 Å². The Morgan fingerprint density at radius 2 is 2.00 bits per heavy atom. The van der Waals surface area contributed by atoms with Gasteiger partial charge in [-0.2, -0.15) is 0 Å². The molecular formula is C16H17N5O2S. The minimum Gasteiger partial charge on any atom is -0.494 e. The molecule has 7 nitrogen and oxygen atoms in total. The van der Waals surface area contributed by atoms with E-state index in [-0.39, 0.29) is 17.0 Å². The van der Waals surface area contributed by atoms with Gasteiger partial charge in [0.05, 0.1) is 11.0 Å². The molecule has 124 valence electrons. The number of fused-ring (bicyclic) bond motifs is 1. The highest BCUT2D eigenvalue weighted by atomic mass is 32.1. The van der Waals surface area contributed by atoms with Crippen LogP contribution < -0.4 is 5.56 Å². The molecule has 1 aromatic carbocycles. The van der Waals surface area contributed by atoms with Crippen molar-refractivity contribution in [1.29, 1.82) is 0 Å². The average Bonchev–Trinajstić information content (AvgIpc) is 2.98. The number of nitrogens with zero attached hydrogens (tertiary/aromatic N) is 4. The van der Waals surface area contributed by atoms with Gasteiger partial charge in [0.1, 0.15) is 5.56 Å². The van der Waals surface area contributed by atoms with Gasteiger partial charge in [-0.3, -0.25) is 13.9 Å². The van der Waals surface area contributed by atoms with E-state index in [1.807, 2.05) is 38.1 Å². The summed E-state index contributed by atoms with van der Waals surface area (Å²) < 4.78 is 3.22. The van der Waals surface area contributed by atoms with Crippen molar-refractivity contribution in [1.82, 2.24) is 19.1 Å². The SMILES string of the molecule is CCn1c(O)c(C=Nc2nc3ccccc3[nH]2)c(=O)n(CC)c1=S. The first kappa shape index (κ1) is 16.1. The van der Waals surface area contributed by atoms with E-state index in [1.165, 1.54) is 15.3 Å². The van der Waals surface area contributed by atoms with Gasteiger partial charge >= 0.3 is 0 Å². The zero-order chi connectivity index (χ0) is 17.3. The molecule has 2 N–H and O–H groups in total. The molecule has 8 heteroatoms. The maximum absolute atomic E-state index is 12.5. The van der Waals surface area contributed by atoms with Crippen LogP contribution in [0.15, 0.2) is 34.1 Å². The third-order valence-corrected chi connectivity index (χ3v) is 4.20. The Morgan fingerprint density at radius 3 is 2.67 bits per heavy atom. The zero-order valence-corrected chi connectivity index (χ0v) is 14.2. The summed E-state index contributed by atoms with van der Waals surface area (Å²) >= 11 is 5.25. The van der Waals surface area contributed by atoms with E-state index >= 15 is 0 Å². The lowest BCUT2D eigenvalue weighted by molar-refractivity contribution is 0.399. The number of H-pyrrole nitrogens is 1. The van der Waals surface area contributed by atoms with Crippen LogP contribution in [-0.2, 0) is 13.1 Å². The van der Waals surface area contributed by atoms with Crippen molar-refractivity contribution in [2.24, 2.45) is 4.99 Å². The Morgan fingerprint density at radius 1 is 1.29 bits per heavy atom. The number of imidazole rings is 1. The van der Waals surface area contributed by atoms with E-state index in [4.69, 9.17) is 12.2 Å². The van der Waals surface area contributed by atoms with Gasteiger partial charge in [-0.25, -0.2) is 9.98 Å². The largest absolute Gasteiger partial charge is 0.494 e. The second-order valence-corrected chi connectivity index (χ2v) is 5.51. The van der Waals surface area contributed by atoms with Crippen LogP contribution in [0, 0.1) is 4.77 Å². The highest BCUT2D eigenvalue weighted by Crippen LogP contribution is 2.17. The van der Waals surface area contributed by atoms with Crippen LogP contribution in [0.4, 0.5) is 5.95 Å². The summed E-state index contributed by atoms with van der Waals surface area (Å²) in [5, 5.41) is 10.3. The molecule has 0 bridgehead atoms. The van der Waals surface area contributed by atoms with Crippen LogP contribution in [0.25, 0.3) is 11.0 Å². The predicted octanol–water partition coefficient (Wildman–Crippen LogP) is 2.75. The Bertz CT molecular complexity index is 1010. The molecule has 0 aliphatic heterocycles. The molecule has 24 heavy (non-hydrogen) atoms. The minimum absolute atomic E-state index is 0.0905. The van der Waals surface area contributed by atoms with Crippen molar-refractivity contribution in [2.75, 3.05) is 0 Å². The topological polar surface area (TPSA) is 88.2 Å². The third kappa shape index (κ3) is 2.65. The molecule has 0 aliphatic rings. The average molecular weight is 343 g/mol. The zero-order valence-electron chi connectivity index (χ0n) is 13.4. The molecule has 3 aromatic rings. The van der Waals surface area contributed by atoms with Crippen LogP contribution in [0.2, 0.25) is 0 Å². The lowest BCUT2D eigenvalue weighted by Gasteiger charge is -2.13. The van der Waals surface area contributed by atoms with Gasteiger partial charge in [0.15, 0.2) is 4.77 Å². The standard InChI is InChI=1S/C16H17N5O2S/c1-3-20-13(22)10(14(23)21(4-2)16(20)24)9-17-15-18-11-7-5-6-8-12(11)19-15/h5-9,22H,3-4H2,1-2H3,(H,18,19). The van der Waals surface area contributed by atoms with Gasteiger partial charge in [0.25, 0.3) is 5.56 Å². The van der Waals surface area contributed by atoms with E-state index in [0.717, 1.165) is 11.0 Å². The van der Waals surface area contributed by atoms with Crippen molar-refractivity contribution < 1.29 is 5.11 Å². The van der Waals surface area contributed by atoms with Crippen LogP contribution in [0.5, 0.6) is 5.88 Å². The molecule has 0 amide bonds. The van der Waals surface area contributed by atoms with Crippen molar-refractivity contribution in [2.45, 2.75) is 26.9 Å². The fourth-order valence-electron chi connectivity index (χ4n) is 2.51. The summed E-state index contributed by atoms with van der Waals surface area (Å²) in [6, 6.07) is 7.53. The van der Waals surface area contributed by atoms with Crippen molar-refractivity contribution in [3.8, 4) is 5.88 Å². The maximum Gasteiger partial charge on any atom is 0.267 e. The summed E-state index contributed by atoms with van der Waals surface area (Å²) in [4.78, 5) is 24.1. The fraction of sp³-hybridized carbons (Fsp3) is 0.250. The maximum atomic E-state index is 12.5. The van der Waals surface area contributed by atoms with Crippen molar-refractivity contribution >= 4 is 35.4 Å². The van der Waals surface area contributed by atoms with E-state index in [0.29, 0.717) is 23.8 Å². The first-order valence-electron chi connectivity index (χ1n) is 7.62. The molecule has 0 fully saturated rings. The van der Waals surface area contributed by atoms with Crippen LogP contribution in [-0.4, -0.2) is 30.4 Å². The third-order valence-electron chi connectivity index (χ3n) is 3.76. The molecule has 0 unspecified atom stereocenters. The molecule has 2 heterocycles. The lowest BCUT2D eigenvalue weighted by Crippen LogP contribution is -2.27. The Hall–Kier alpha value is -2.74. The van der Waals surface area contributed by atoms with Crippen LogP contribution in [0.1, 0.15) is 19.4 Å². The van der Waals surface area contributed by atoms with Gasteiger partial charge in [-0.15, -0.1) is 0 Å². The van der Waals surface area contributed by atoms with E-state index < -0.39 is 0 Å². The first-order chi connectivity index (χ1) is 11.6. The number of benzene rings is 1. The summed E-state index contributed by atoms with van der Waals surface area (Å²) in [7, 11) is 0. The van der Waals surface area contributed by atoms with E-state index in [1.54, 1.807) is 0 Å². The number of hydrogen-bond donors (Lipinski definition) is 2. The number of aromatic amines is 1. The van der Waals surface area contributed by atoms with Gasteiger partial charge in [0.2, 0.25) is 11.8 Å². The smallest absolute Gasteiger partial charge is 0.267 e. The second kappa shape index (κ2) is 6.40. The molecule has 2 aromatic heterocycles. The second-order valence-electron chi connectivity index (χ2n) is 5.15. The number of rotatable bonds is 4. The van der Waals surface area contributed by atoms with Gasteiger partial charge in [-0.05, 0) is 38.2 Å². The van der Waals surface area contributed by atoms with Gasteiger partial charge in [-0.1, -0.05) is 12.1 Å². The summed E-state index contributed by atoms with van der Waals surface area (Å²) in [5.74, 6) is 0.181. The Kier molecular flexibility index (Phi) is 4.30. The van der Waals surface area contributed by atoms with Crippen molar-refractivity contribution in [3.63, 3.8) is 0 Å². The molecule has 0 radical (unpaired) electrons. The molecule has 0 saturated carbocycles. The number of para-hydroxylation sites is 2. The van der Waals surface area contributed by atoms with Crippen LogP contribution >= 0.6 is 12.2 Å². The van der Waals surface area contributed by atoms with E-state index in [2.05, 4.69) is 15.0 Å². The Labute approximate surface area is 142 Å². The van der Waals surface area contributed by atoms with Gasteiger partial charge < -0.3 is 10.1 Å². The molecule has 0 aliphatic carbocycles. The van der Waals surface area contributed by atoms with Crippen molar-refractivity contribution in [3.05, 3.63) is 45.0 Å². The number of aliphatic imine (C=N–C) groups is 1. The summed E-state index contributed by atoms with van der Waals surface area (Å²) in [5.41, 5.74) is 1.35. The highest BCUT2D eigenvalue weighted by Gasteiger charge is 2.14. The summed E-state index contributed by atoms with van der Waals surface area (Å²) in [6.07, 6.45) is 1.32. The first-order valence-corrected chi connectivity index (χ1v) is 8.03. The lowest BCUT2D eigenvalue weighted by atomic mass is 10.3. The number of aromatic hydroxyl groups is 1. The molecule has 0 saturated heterocycles. The van der Waals surface area contributed by atoms with Crippen LogP contribution in [0.3, 0.4) is 0 Å². The fourth-order valence-corrected chi connectivity index (χ4v) is 2.94. The Balaban J connectivity index is 2.12. The molecule has 0 spiro atoms. The van der Waals surface area contributed by atoms with Gasteiger partial charge in [0, 0.05) is 19.3 Å². The molecule has 3 rings (SSSR count). The summed E-state index contributed by atoms with van der Waals surface area (Å²) in [6.45, 7) is 4.55. The quantitative estimate of drug-likeness (QED) is 0.563. The number of hydrogen-bond acceptors (Lipinski definition) is 5. The minimum atomic E-state index is -0.371. The number of aromatic nitrogens is 4. The molecule has 0 atom stereocenters. The monoisotopic (exact) mass is 343 g/mol. The predicted molar refractivity (Wildman–Crippen MR) is 95.9 cm³/mol. The highest BCUT2D eigenvalue weighted by molar-refractivity contribution is 7.71. The molecular weight excluding hydrogens is 326 g/mol. The normalized spacial score (nSPS) is 11.6. The number of nitrogens with one attached hydrogen (secondary N) is 1.